The van der Waals surface area contributed by atoms with E-state index in [0.717, 1.165) is 49.9 Å². The van der Waals surface area contributed by atoms with Crippen LogP contribution in [0.2, 0.25) is 11.8 Å². The van der Waals surface area contributed by atoms with E-state index in [1.165, 1.54) is 170 Å². The van der Waals surface area contributed by atoms with Gasteiger partial charge >= 0.3 is 26.2 Å². The van der Waals surface area contributed by atoms with Crippen molar-refractivity contribution in [1.29, 1.82) is 0 Å². The van der Waals surface area contributed by atoms with Crippen LogP contribution in [0.5, 0.6) is 0 Å². The minimum atomic E-state index is 1.04. The van der Waals surface area contributed by atoms with Gasteiger partial charge in [0.25, 0.3) is 0 Å². The monoisotopic (exact) mass is 839 g/mol. The van der Waals surface area contributed by atoms with Crippen LogP contribution in [0.4, 0.5) is 0 Å². The third-order valence-electron chi connectivity index (χ3n) is 12.3. The van der Waals surface area contributed by atoms with Gasteiger partial charge in [0.15, 0.2) is 0 Å². The van der Waals surface area contributed by atoms with Gasteiger partial charge in [0.1, 0.15) is 0 Å². The van der Waals surface area contributed by atoms with E-state index >= 15 is 0 Å². The van der Waals surface area contributed by atoms with Gasteiger partial charge in [-0.2, -0.15) is 0 Å². The average Bonchev–Trinajstić information content (AvgIpc) is 3.50. The molecule has 1 aliphatic rings. The summed E-state index contributed by atoms with van der Waals surface area (Å²) in [6.07, 6.45) is 35.0. The zero-order valence-electron chi connectivity index (χ0n) is 40.0. The Labute approximate surface area is 367 Å². The number of allylic oxidation sites excluding steroid dienone is 2. The zero-order chi connectivity index (χ0) is 42.5. The van der Waals surface area contributed by atoms with Crippen LogP contribution in [0, 0.1) is 0 Å². The Morgan fingerprint density at radius 2 is 0.621 bits per heavy atom. The van der Waals surface area contributed by atoms with Crippen LogP contribution in [-0.4, -0.2) is 4.70 Å². The summed E-state index contributed by atoms with van der Waals surface area (Å²) in [7, 11) is 0. The van der Waals surface area contributed by atoms with Crippen molar-refractivity contribution in [2.24, 2.45) is 0 Å². The van der Waals surface area contributed by atoms with Gasteiger partial charge in [-0.25, -0.2) is 4.70 Å². The van der Waals surface area contributed by atoms with E-state index in [2.05, 4.69) is 91.4 Å². The van der Waals surface area contributed by atoms with Gasteiger partial charge in [-0.3, -0.25) is 0 Å². The summed E-state index contributed by atoms with van der Waals surface area (Å²) >= 11 is 1.62. The predicted molar refractivity (Wildman–Crippen MR) is 256 cm³/mol. The summed E-state index contributed by atoms with van der Waals surface area (Å²) in [5.41, 5.74) is 30.0. The van der Waals surface area contributed by atoms with E-state index in [1.807, 2.05) is 0 Å². The molecule has 2 nitrogen and oxygen atoms in total. The number of hydrogen-bond donors (Lipinski definition) is 0. The molecule has 0 atom stereocenters. The number of hydrogen-bond acceptors (Lipinski definition) is 0. The summed E-state index contributed by atoms with van der Waals surface area (Å²) in [4.78, 5) is 0. The van der Waals surface area contributed by atoms with Crippen LogP contribution in [0.1, 0.15) is 248 Å². The molecule has 3 rings (SSSR count). The second-order valence-corrected chi connectivity index (χ2v) is 18.4. The maximum absolute atomic E-state index is 12.9. The van der Waals surface area contributed by atoms with Gasteiger partial charge in [-0.15, -0.1) is 0 Å². The van der Waals surface area contributed by atoms with Gasteiger partial charge in [0.05, 0.1) is 0 Å². The quantitative estimate of drug-likeness (QED) is 0.0411. The first kappa shape index (κ1) is 52.2. The van der Waals surface area contributed by atoms with Crippen LogP contribution < -0.4 is 0 Å². The number of rotatable bonds is 31. The van der Waals surface area contributed by atoms with E-state index < -0.39 is 0 Å². The normalized spacial score (nSPS) is 13.0. The molecule has 0 N–H and O–H groups in total. The summed E-state index contributed by atoms with van der Waals surface area (Å²) in [6, 6.07) is 10.1. The Hall–Kier alpha value is -1.99. The van der Waals surface area contributed by atoms with Crippen LogP contribution in [0.25, 0.3) is 16.9 Å². The van der Waals surface area contributed by atoms with Crippen LogP contribution >= 0.6 is 0 Å². The molecule has 0 saturated carbocycles. The molecule has 3 heteroatoms. The molecule has 0 amide bonds. The fourth-order valence-electron chi connectivity index (χ4n) is 9.00. The summed E-state index contributed by atoms with van der Waals surface area (Å²) in [5.74, 6) is 4.12. The van der Waals surface area contributed by atoms with Gasteiger partial charge in [-0.1, -0.05) is 139 Å². The van der Waals surface area contributed by atoms with Gasteiger partial charge < -0.3 is 5.53 Å². The van der Waals surface area contributed by atoms with Crippen molar-refractivity contribution in [3.63, 3.8) is 0 Å². The third-order valence-corrected chi connectivity index (χ3v) is 12.3. The van der Waals surface area contributed by atoms with Crippen molar-refractivity contribution in [3.8, 4) is 0 Å². The molecule has 2 aromatic carbocycles. The molecule has 0 aliphatic carbocycles. The fraction of sp³-hybridized carbons (Fsp3) is 0.709. The molecule has 0 bridgehead atoms. The average molecular weight is 840 g/mol. The van der Waals surface area contributed by atoms with Gasteiger partial charge in [0.2, 0.25) is 11.4 Å². The topological polar surface area (TPSA) is 25.3 Å². The van der Waals surface area contributed by atoms with Crippen molar-refractivity contribution >= 4 is 11.4 Å². The summed E-state index contributed by atoms with van der Waals surface area (Å²) in [5, 5.41) is 0. The Balaban J connectivity index is 0.00000374. The predicted octanol–water partition coefficient (Wildman–Crippen LogP) is 18.4. The molecular formula is C55H92N2Ni. The van der Waals surface area contributed by atoms with E-state index in [0.29, 0.717) is 0 Å². The molecule has 0 spiro atoms. The zero-order valence-corrected chi connectivity index (χ0v) is 41.0. The molecule has 1 heterocycles. The minimum absolute atomic E-state index is 1.04. The maximum atomic E-state index is 12.9. The first-order valence-electron chi connectivity index (χ1n) is 24.8. The first-order chi connectivity index (χ1) is 28.3. The first-order valence-corrected chi connectivity index (χ1v) is 26.8. The van der Waals surface area contributed by atoms with Crippen molar-refractivity contribution in [2.45, 2.75) is 253 Å². The van der Waals surface area contributed by atoms with E-state index in [1.54, 1.807) is 52.5 Å². The Kier molecular flexibility index (Phi) is 28.6. The number of unbranched alkanes of at least 4 members (excludes halogenated alkanes) is 13. The Morgan fingerprint density at radius 1 is 0.362 bits per heavy atom. The van der Waals surface area contributed by atoms with Crippen LogP contribution in [0.3, 0.4) is 0 Å². The summed E-state index contributed by atoms with van der Waals surface area (Å²) in [6.45, 7) is 18.6. The van der Waals surface area contributed by atoms with E-state index in [4.69, 9.17) is 0 Å². The molecule has 0 unspecified atom stereocenters. The number of aryl methyl sites for hydroxylation is 4. The van der Waals surface area contributed by atoms with Gasteiger partial charge in [0, 0.05) is 22.3 Å². The molecular weight excluding hydrogens is 747 g/mol. The summed E-state index contributed by atoms with van der Waals surface area (Å²) < 4.78 is 1.73. The Morgan fingerprint density at radius 3 is 0.948 bits per heavy atom. The molecule has 332 valence electrons. The standard InChI is InChI=1S/C53H86N2.2CH3.Ni/c1-9-17-25-26-27-29-37-51-50(36-28-18-10-2)52(46-38-42(30-19-11-3)48(34-23-15-7)43(39-46)31-20-12-4)55(54)53(51)47-40-44(32-21-13-5)49(35-24-16-8)45(41-47)33-22-14-6;;;/h38-41H,9-37H2,1-8H3;2*1H3;. The van der Waals surface area contributed by atoms with Crippen LogP contribution in [0.15, 0.2) is 35.4 Å². The van der Waals surface area contributed by atoms with E-state index in [9.17, 15) is 5.53 Å². The molecule has 0 fully saturated rings. The molecule has 0 aromatic heterocycles. The molecule has 0 radical (unpaired) electrons. The fourth-order valence-corrected chi connectivity index (χ4v) is 9.00. The van der Waals surface area contributed by atoms with Gasteiger partial charge in [-0.05, 0) is 160 Å². The third kappa shape index (κ3) is 16.8. The van der Waals surface area contributed by atoms with Crippen molar-refractivity contribution in [1.82, 2.24) is 0 Å². The van der Waals surface area contributed by atoms with E-state index in [-0.39, 0.29) is 0 Å². The second kappa shape index (κ2) is 31.8. The van der Waals surface area contributed by atoms with Crippen molar-refractivity contribution < 1.29 is 19.1 Å². The van der Waals surface area contributed by atoms with Crippen molar-refractivity contribution in [3.05, 3.63) is 85.5 Å². The van der Waals surface area contributed by atoms with Crippen molar-refractivity contribution in [2.75, 3.05) is 0 Å². The molecule has 2 aromatic rings. The van der Waals surface area contributed by atoms with Crippen LogP contribution in [-0.2, 0) is 53.0 Å². The molecule has 0 saturated heterocycles. The number of benzene rings is 2. The number of nitrogens with zero attached hydrogens (tertiary/aromatic N) is 2. The second-order valence-electron chi connectivity index (χ2n) is 17.4. The molecule has 58 heavy (non-hydrogen) atoms. The SMILES string of the molecule is CCCCCCCCC1=C(c2cc(CCCC)c(CCCC)c(CCCC)c2)[N+](=[N-])C(c2cc(CCCC)c(CCCC)c(CCCC)c2)=C1CCCCC.[CH3][Ni][CH3]. The molecule has 1 aliphatic heterocycles. The Bertz CT molecular complexity index is 1450.